The quantitative estimate of drug-likeness (QED) is 0.257. The number of tetrazole rings is 1. The predicted octanol–water partition coefficient (Wildman–Crippen LogP) is 4.45. The Morgan fingerprint density at radius 1 is 1.21 bits per heavy atom. The van der Waals surface area contributed by atoms with Crippen LogP contribution in [-0.4, -0.2) is 88.0 Å². The molecule has 14 nitrogen and oxygen atoms in total. The molecule has 228 valence electrons. The van der Waals surface area contributed by atoms with Crippen molar-refractivity contribution >= 4 is 29.3 Å². The molecule has 1 aromatic carbocycles. The van der Waals surface area contributed by atoms with Gasteiger partial charge in [-0.1, -0.05) is 17.7 Å². The van der Waals surface area contributed by atoms with Crippen molar-refractivity contribution in [2.24, 2.45) is 0 Å². The number of benzene rings is 1. The molecule has 4 aromatic rings. The van der Waals surface area contributed by atoms with Crippen LogP contribution >= 0.6 is 11.6 Å². The Bertz CT molecular complexity index is 1530. The second-order valence-corrected chi connectivity index (χ2v) is 10.2. The number of hydrogen-bond donors (Lipinski definition) is 2. The van der Waals surface area contributed by atoms with E-state index in [0.29, 0.717) is 35.7 Å². The number of rotatable bonds is 10. The van der Waals surface area contributed by atoms with Gasteiger partial charge in [-0.3, -0.25) is 4.68 Å². The zero-order valence-electron chi connectivity index (χ0n) is 22.6. The number of anilines is 2. The molecule has 2 N–H and O–H groups in total. The maximum atomic E-state index is 12.9. The van der Waals surface area contributed by atoms with Crippen molar-refractivity contribution < 1.29 is 32.5 Å². The molecule has 18 heteroatoms. The molecule has 1 atom stereocenters. The van der Waals surface area contributed by atoms with Crippen LogP contribution in [-0.2, 0) is 6.54 Å². The molecule has 0 aliphatic carbocycles. The molecule has 1 aliphatic rings. The third kappa shape index (κ3) is 7.79. The lowest BCUT2D eigenvalue weighted by atomic mass is 10.1. The Kier molecular flexibility index (Phi) is 8.79. The van der Waals surface area contributed by atoms with E-state index in [9.17, 15) is 23.1 Å². The smallest absolute Gasteiger partial charge is 0.422 e. The average molecular weight is 623 g/mol. The van der Waals surface area contributed by atoms with Crippen molar-refractivity contribution in [3.63, 3.8) is 0 Å². The normalized spacial score (nSPS) is 14.9. The lowest BCUT2D eigenvalue weighted by Gasteiger charge is -2.29. The van der Waals surface area contributed by atoms with Crippen LogP contribution in [0.15, 0.2) is 43.1 Å². The van der Waals surface area contributed by atoms with Gasteiger partial charge in [-0.25, -0.2) is 19.4 Å². The topological polar surface area (TPSA) is 158 Å². The monoisotopic (exact) mass is 622 g/mol. The van der Waals surface area contributed by atoms with Gasteiger partial charge in [-0.05, 0) is 47.9 Å². The lowest BCUT2D eigenvalue weighted by Crippen LogP contribution is -2.38. The van der Waals surface area contributed by atoms with Crippen LogP contribution in [0, 0.1) is 0 Å². The minimum atomic E-state index is -4.57. The van der Waals surface area contributed by atoms with E-state index < -0.39 is 18.9 Å². The maximum absolute atomic E-state index is 12.9. The van der Waals surface area contributed by atoms with Crippen LogP contribution < -0.4 is 14.8 Å². The van der Waals surface area contributed by atoms with Crippen molar-refractivity contribution in [1.29, 1.82) is 0 Å². The summed E-state index contributed by atoms with van der Waals surface area (Å²) in [6.45, 7) is 1.28. The Labute approximate surface area is 247 Å². The number of likely N-dealkylation sites (tertiary alicyclic amines) is 1. The zero-order chi connectivity index (χ0) is 30.6. The Morgan fingerprint density at radius 2 is 1.95 bits per heavy atom. The summed E-state index contributed by atoms with van der Waals surface area (Å²) in [6.07, 6.45) is 1.06. The summed E-state index contributed by atoms with van der Waals surface area (Å²) in [6, 6.07) is 4.98. The predicted molar refractivity (Wildman–Crippen MR) is 145 cm³/mol. The fourth-order valence-corrected chi connectivity index (χ4v) is 4.61. The number of alkyl halides is 3. The first-order valence-corrected chi connectivity index (χ1v) is 13.4. The minimum Gasteiger partial charge on any atom is -0.487 e. The van der Waals surface area contributed by atoms with Crippen molar-refractivity contribution in [2.45, 2.75) is 44.6 Å². The van der Waals surface area contributed by atoms with Crippen LogP contribution in [0.3, 0.4) is 0 Å². The molecular weight excluding hydrogens is 597 g/mol. The van der Waals surface area contributed by atoms with Gasteiger partial charge in [0, 0.05) is 31.0 Å². The summed E-state index contributed by atoms with van der Waals surface area (Å²) < 4.78 is 52.7. The van der Waals surface area contributed by atoms with E-state index in [1.165, 1.54) is 39.2 Å². The highest BCUT2D eigenvalue weighted by Crippen LogP contribution is 2.33. The number of piperidine rings is 1. The van der Waals surface area contributed by atoms with Gasteiger partial charge in [0.25, 0.3) is 5.88 Å². The Balaban J connectivity index is 1.29. The minimum absolute atomic E-state index is 0.0985. The second kappa shape index (κ2) is 12.7. The first kappa shape index (κ1) is 29.8. The van der Waals surface area contributed by atoms with Gasteiger partial charge in [0.1, 0.15) is 23.9 Å². The van der Waals surface area contributed by atoms with Gasteiger partial charge in [0.05, 0.1) is 23.8 Å². The molecule has 5 rings (SSSR count). The highest BCUT2D eigenvalue weighted by molar-refractivity contribution is 6.32. The highest BCUT2D eigenvalue weighted by Gasteiger charge is 2.31. The van der Waals surface area contributed by atoms with Crippen LogP contribution in [0.2, 0.25) is 5.02 Å². The van der Waals surface area contributed by atoms with Crippen molar-refractivity contribution in [3.05, 3.63) is 48.1 Å². The summed E-state index contributed by atoms with van der Waals surface area (Å²) >= 11 is 6.34. The molecule has 1 unspecified atom stereocenters. The summed E-state index contributed by atoms with van der Waals surface area (Å²) in [4.78, 5) is 21.1. The second-order valence-electron chi connectivity index (χ2n) is 9.76. The number of aromatic nitrogens is 8. The molecule has 4 heterocycles. The van der Waals surface area contributed by atoms with Crippen LogP contribution in [0.4, 0.5) is 29.6 Å². The molecule has 43 heavy (non-hydrogen) atoms. The molecule has 0 radical (unpaired) electrons. The summed E-state index contributed by atoms with van der Waals surface area (Å²) in [5.41, 5.74) is 1.49. The van der Waals surface area contributed by atoms with Crippen LogP contribution in [0.25, 0.3) is 11.1 Å². The van der Waals surface area contributed by atoms with Crippen molar-refractivity contribution in [2.75, 3.05) is 25.0 Å². The summed E-state index contributed by atoms with van der Waals surface area (Å²) in [7, 11) is 0. The molecule has 1 aliphatic heterocycles. The average Bonchev–Trinajstić information content (AvgIpc) is 3.63. The SMILES string of the molecule is CC(Cn1cnnn1)Oc1cc(-c2cnc(Nc3cn(C4CCN(C(=O)O)CC4)nc3OCC(F)(F)F)nc2)ccc1Cl. The van der Waals surface area contributed by atoms with E-state index in [2.05, 4.69) is 35.9 Å². The van der Waals surface area contributed by atoms with E-state index >= 15 is 0 Å². The van der Waals surface area contributed by atoms with Gasteiger partial charge >= 0.3 is 12.3 Å². The van der Waals surface area contributed by atoms with Crippen molar-refractivity contribution in [3.8, 4) is 22.8 Å². The van der Waals surface area contributed by atoms with Crippen molar-refractivity contribution in [1.82, 2.24) is 44.9 Å². The summed E-state index contributed by atoms with van der Waals surface area (Å²) in [5.74, 6) is 0.261. The van der Waals surface area contributed by atoms with Gasteiger partial charge in [-0.2, -0.15) is 13.2 Å². The number of nitrogens with one attached hydrogen (secondary N) is 1. The molecule has 3 aromatic heterocycles. The Morgan fingerprint density at radius 3 is 2.60 bits per heavy atom. The number of hydrogen-bond acceptors (Lipinski definition) is 10. The molecule has 0 spiro atoms. The summed E-state index contributed by atoms with van der Waals surface area (Å²) in [5, 5.41) is 27.7. The van der Waals surface area contributed by atoms with Crippen LogP contribution in [0.5, 0.6) is 11.6 Å². The Hall–Kier alpha value is -4.67. The molecule has 0 bridgehead atoms. The fourth-order valence-electron chi connectivity index (χ4n) is 4.44. The molecule has 1 amide bonds. The number of carbonyl (C=O) groups is 1. The third-order valence-corrected chi connectivity index (χ3v) is 6.82. The lowest BCUT2D eigenvalue weighted by molar-refractivity contribution is -0.154. The fraction of sp³-hybridized carbons (Fsp3) is 0.400. The van der Waals surface area contributed by atoms with Crippen LogP contribution in [0.1, 0.15) is 25.8 Å². The zero-order valence-corrected chi connectivity index (χ0v) is 23.4. The number of amides is 1. The molecule has 1 fully saturated rings. The number of nitrogens with zero attached hydrogens (tertiary/aromatic N) is 9. The number of carboxylic acid groups (broad SMARTS) is 1. The first-order chi connectivity index (χ1) is 20.5. The van der Waals surface area contributed by atoms with Gasteiger partial charge in [0.2, 0.25) is 5.95 Å². The molecule has 0 saturated carbocycles. The van der Waals surface area contributed by atoms with E-state index in [1.807, 2.05) is 6.92 Å². The highest BCUT2D eigenvalue weighted by atomic mass is 35.5. The molecular formula is C25H26ClF3N10O4. The van der Waals surface area contributed by atoms with E-state index in [4.69, 9.17) is 21.1 Å². The standard InChI is InChI=1S/C25H26ClF3N10O4/c1-15(11-38-14-32-35-36-38)43-21-8-16(2-3-19(21)26)17-9-30-23(31-10-17)33-20-12-39(34-22(20)42-13-25(27,28)29)18-4-6-37(7-5-18)24(40)41/h2-3,8-10,12,14-15,18H,4-7,11,13H2,1H3,(H,40,41)(H,30,31,33). The van der Waals surface area contributed by atoms with Gasteiger partial charge < -0.3 is 24.8 Å². The number of ether oxygens (including phenoxy) is 2. The van der Waals surface area contributed by atoms with E-state index in [-0.39, 0.29) is 42.8 Å². The van der Waals surface area contributed by atoms with Gasteiger partial charge in [0.15, 0.2) is 6.61 Å². The molecule has 1 saturated heterocycles. The van der Waals surface area contributed by atoms with Gasteiger partial charge in [-0.15, -0.1) is 10.2 Å². The maximum Gasteiger partial charge on any atom is 0.422 e. The third-order valence-electron chi connectivity index (χ3n) is 6.51. The van der Waals surface area contributed by atoms with E-state index in [0.717, 1.165) is 5.56 Å². The largest absolute Gasteiger partial charge is 0.487 e. The van der Waals surface area contributed by atoms with E-state index in [1.54, 1.807) is 18.2 Å². The first-order valence-electron chi connectivity index (χ1n) is 13.1. The number of halogens is 4.